The number of aromatic nitrogens is 2. The van der Waals surface area contributed by atoms with Gasteiger partial charge in [-0.3, -0.25) is 29.4 Å². The summed E-state index contributed by atoms with van der Waals surface area (Å²) in [4.78, 5) is 63.0. The molecule has 3 aliphatic rings. The molecule has 57 heavy (non-hydrogen) atoms. The summed E-state index contributed by atoms with van der Waals surface area (Å²) in [6.45, 7) is 4.57. The van der Waals surface area contributed by atoms with Crippen LogP contribution in [0.3, 0.4) is 0 Å². The molecule has 0 aliphatic carbocycles. The Balaban J connectivity index is 0.000000189. The largest absolute Gasteiger partial charge is 0.463 e. The zero-order chi connectivity index (χ0) is 38.9. The molecular weight excluding hydrogens is 773 g/mol. The summed E-state index contributed by atoms with van der Waals surface area (Å²) in [6, 6.07) is 11.6. The Labute approximate surface area is 337 Å². The highest BCUT2D eigenvalue weighted by Crippen LogP contribution is 2.37. The van der Waals surface area contributed by atoms with E-state index in [4.69, 9.17) is 28.0 Å². The predicted molar refractivity (Wildman–Crippen MR) is 212 cm³/mol. The van der Waals surface area contributed by atoms with Crippen LogP contribution in [-0.2, 0) is 14.3 Å². The number of anilines is 2. The number of rotatable bonds is 11. The molecule has 15 nitrogen and oxygen atoms in total. The van der Waals surface area contributed by atoms with E-state index in [-0.39, 0.29) is 53.4 Å². The van der Waals surface area contributed by atoms with E-state index in [0.717, 1.165) is 37.3 Å². The molecule has 0 aromatic carbocycles. The standard InChI is InChI=1S/C20H25N3O4S.C19H15N3O5S.CH4/c24-16(13-23-8-2-1-3-9-23)21-20-22-17(15-5-4-10-27-15)19(28-20)18(25)14-6-11-26-12-7-14;20-10-12-3-4-14(27-12)18(24)22-19-21-15(13-2-1-7-26-13)17(28-19)16(23)11-5-8-25-9-6-11;/h4-5,10,14H,1-3,6-9,11-13H2,(H,21,22,24);1-4,7,11H,5-6,8-9H2,(H,21,22,24);1H4. The van der Waals surface area contributed by atoms with Gasteiger partial charge in [-0.15, -0.1) is 0 Å². The maximum Gasteiger partial charge on any atom is 0.293 e. The molecule has 0 bridgehead atoms. The minimum Gasteiger partial charge on any atom is -0.463 e. The number of thiazole rings is 2. The average molecular weight is 817 g/mol. The summed E-state index contributed by atoms with van der Waals surface area (Å²) in [5, 5.41) is 15.0. The van der Waals surface area contributed by atoms with E-state index >= 15 is 0 Å². The number of hydrogen-bond donors (Lipinski definition) is 2. The third-order valence-electron chi connectivity index (χ3n) is 9.62. The van der Waals surface area contributed by atoms with Gasteiger partial charge in [0.05, 0.1) is 19.1 Å². The Kier molecular flexibility index (Phi) is 14.3. The minimum atomic E-state index is -0.550. The quantitative estimate of drug-likeness (QED) is 0.122. The van der Waals surface area contributed by atoms with Gasteiger partial charge in [-0.25, -0.2) is 9.97 Å². The number of carbonyl (C=O) groups excluding carboxylic acids is 4. The SMILES string of the molecule is C.N#Cc1ccc(C(=O)Nc2nc(-c3ccco3)c(C(=O)C3CCOCC3)s2)o1.O=C(CN1CCCCC1)Nc1nc(-c2ccco2)c(C(=O)C2CCOCC2)s1. The first-order chi connectivity index (χ1) is 27.4. The number of nitrogens with one attached hydrogen (secondary N) is 2. The number of likely N-dealkylation sites (tertiary alicyclic amines) is 1. The van der Waals surface area contributed by atoms with Gasteiger partial charge in [-0.1, -0.05) is 36.5 Å². The molecule has 8 rings (SSSR count). The Bertz CT molecular complexity index is 2150. The Morgan fingerprint density at radius 2 is 1.28 bits per heavy atom. The molecule has 0 spiro atoms. The monoisotopic (exact) mass is 816 g/mol. The lowest BCUT2D eigenvalue weighted by atomic mass is 9.94. The molecular formula is C40H44N6O9S2. The van der Waals surface area contributed by atoms with Crippen LogP contribution in [-0.4, -0.2) is 84.3 Å². The third kappa shape index (κ3) is 10.4. The highest BCUT2D eigenvalue weighted by molar-refractivity contribution is 7.18. The molecule has 3 fully saturated rings. The number of nitrogens with zero attached hydrogens (tertiary/aromatic N) is 4. The lowest BCUT2D eigenvalue weighted by Gasteiger charge is -2.25. The van der Waals surface area contributed by atoms with Crippen LogP contribution < -0.4 is 10.6 Å². The topological polar surface area (TPSA) is 203 Å². The molecule has 3 saturated heterocycles. The van der Waals surface area contributed by atoms with Gasteiger partial charge in [0.2, 0.25) is 11.7 Å². The second-order valence-corrected chi connectivity index (χ2v) is 15.5. The van der Waals surface area contributed by atoms with Crippen molar-refractivity contribution in [3.05, 3.63) is 70.2 Å². The van der Waals surface area contributed by atoms with Gasteiger partial charge in [0.25, 0.3) is 5.91 Å². The smallest absolute Gasteiger partial charge is 0.293 e. The zero-order valence-corrected chi connectivity index (χ0v) is 32.1. The maximum absolute atomic E-state index is 13.1. The van der Waals surface area contributed by atoms with Gasteiger partial charge < -0.3 is 28.0 Å². The summed E-state index contributed by atoms with van der Waals surface area (Å²) in [7, 11) is 0. The van der Waals surface area contributed by atoms with E-state index < -0.39 is 5.91 Å². The van der Waals surface area contributed by atoms with E-state index in [1.165, 1.54) is 36.2 Å². The number of ether oxygens (including phenoxy) is 2. The lowest BCUT2D eigenvalue weighted by Crippen LogP contribution is -2.36. The normalized spacial score (nSPS) is 16.4. The zero-order valence-electron chi connectivity index (χ0n) is 30.5. The highest BCUT2D eigenvalue weighted by atomic mass is 32.1. The van der Waals surface area contributed by atoms with Crippen molar-refractivity contribution in [2.24, 2.45) is 11.8 Å². The molecule has 0 radical (unpaired) electrons. The number of hydrogen-bond acceptors (Lipinski definition) is 15. The molecule has 0 saturated carbocycles. The number of nitriles is 1. The summed E-state index contributed by atoms with van der Waals surface area (Å²) >= 11 is 2.33. The Hall–Kier alpha value is -5.25. The first-order valence-electron chi connectivity index (χ1n) is 18.5. The van der Waals surface area contributed by atoms with Crippen molar-refractivity contribution < 1.29 is 41.9 Å². The number of piperidine rings is 1. The van der Waals surface area contributed by atoms with Crippen molar-refractivity contribution in [1.29, 1.82) is 5.26 Å². The predicted octanol–water partition coefficient (Wildman–Crippen LogP) is 7.80. The summed E-state index contributed by atoms with van der Waals surface area (Å²) in [6.07, 6.45) is 9.30. The van der Waals surface area contributed by atoms with Crippen molar-refractivity contribution in [2.75, 3.05) is 56.7 Å². The van der Waals surface area contributed by atoms with E-state index in [9.17, 15) is 19.2 Å². The van der Waals surface area contributed by atoms with Crippen LogP contribution in [0.2, 0.25) is 0 Å². The highest BCUT2D eigenvalue weighted by Gasteiger charge is 2.31. The van der Waals surface area contributed by atoms with Crippen molar-refractivity contribution in [2.45, 2.75) is 52.4 Å². The van der Waals surface area contributed by atoms with Crippen molar-refractivity contribution in [1.82, 2.24) is 14.9 Å². The van der Waals surface area contributed by atoms with E-state index in [2.05, 4.69) is 25.5 Å². The second-order valence-electron chi connectivity index (χ2n) is 13.5. The van der Waals surface area contributed by atoms with Crippen LogP contribution >= 0.6 is 22.7 Å². The molecule has 17 heteroatoms. The first-order valence-corrected chi connectivity index (χ1v) is 20.2. The average Bonchev–Trinajstić information content (AvgIpc) is 4.08. The van der Waals surface area contributed by atoms with E-state index in [1.807, 2.05) is 6.07 Å². The maximum atomic E-state index is 13.1. The summed E-state index contributed by atoms with van der Waals surface area (Å²) in [5.41, 5.74) is 0.915. The van der Waals surface area contributed by atoms with Crippen molar-refractivity contribution >= 4 is 56.3 Å². The number of ketones is 2. The number of Topliss-reactive ketones (excluding diaryl/α,β-unsaturated/α-hetero) is 2. The van der Waals surface area contributed by atoms with Gasteiger partial charge in [0, 0.05) is 38.3 Å². The molecule has 300 valence electrons. The molecule has 2 amide bonds. The van der Waals surface area contributed by atoms with Crippen LogP contribution in [0.4, 0.5) is 10.3 Å². The molecule has 8 heterocycles. The van der Waals surface area contributed by atoms with Gasteiger partial charge in [-0.05, 0) is 88.0 Å². The number of amides is 2. The third-order valence-corrected chi connectivity index (χ3v) is 11.6. The molecule has 5 aromatic rings. The van der Waals surface area contributed by atoms with Gasteiger partial charge in [0.1, 0.15) is 27.2 Å². The van der Waals surface area contributed by atoms with Crippen molar-refractivity contribution in [3.63, 3.8) is 0 Å². The second kappa shape index (κ2) is 19.7. The molecule has 3 aliphatic heterocycles. The van der Waals surface area contributed by atoms with Gasteiger partial charge in [-0.2, -0.15) is 5.26 Å². The molecule has 5 aromatic heterocycles. The molecule has 0 atom stereocenters. The van der Waals surface area contributed by atoms with Crippen LogP contribution in [0.15, 0.2) is 62.2 Å². The first kappa shape index (κ1) is 41.4. The lowest BCUT2D eigenvalue weighted by molar-refractivity contribution is -0.117. The van der Waals surface area contributed by atoms with Gasteiger partial charge >= 0.3 is 0 Å². The van der Waals surface area contributed by atoms with Crippen LogP contribution in [0, 0.1) is 23.2 Å². The van der Waals surface area contributed by atoms with Gasteiger partial charge in [0.15, 0.2) is 39.1 Å². The number of furan rings is 3. The Morgan fingerprint density at radius 3 is 1.75 bits per heavy atom. The van der Waals surface area contributed by atoms with Crippen LogP contribution in [0.1, 0.15) is 88.0 Å². The fourth-order valence-electron chi connectivity index (χ4n) is 6.69. The van der Waals surface area contributed by atoms with Crippen LogP contribution in [0.5, 0.6) is 0 Å². The van der Waals surface area contributed by atoms with Crippen LogP contribution in [0.25, 0.3) is 22.9 Å². The van der Waals surface area contributed by atoms with Crippen molar-refractivity contribution in [3.8, 4) is 29.0 Å². The fraction of sp³-hybridized carbons (Fsp3) is 0.425. The fourth-order valence-corrected chi connectivity index (χ4v) is 8.68. The minimum absolute atomic E-state index is 0. The summed E-state index contributed by atoms with van der Waals surface area (Å²) in [5.74, 6) is 0.202. The Morgan fingerprint density at radius 1 is 0.754 bits per heavy atom. The summed E-state index contributed by atoms with van der Waals surface area (Å²) < 4.78 is 26.7. The molecule has 2 N–H and O–H groups in total. The molecule has 0 unspecified atom stereocenters. The van der Waals surface area contributed by atoms with E-state index in [1.54, 1.807) is 30.5 Å². The number of carbonyl (C=O) groups is 4. The van der Waals surface area contributed by atoms with E-state index in [0.29, 0.717) is 96.4 Å².